The minimum absolute atomic E-state index is 0.511. The van der Waals surface area contributed by atoms with Crippen LogP contribution in [0.3, 0.4) is 0 Å². The first kappa shape index (κ1) is 17.1. The molecule has 0 bridgehead atoms. The Labute approximate surface area is 153 Å². The normalized spacial score (nSPS) is 19.7. The Hall–Kier alpha value is -2.31. The van der Waals surface area contributed by atoms with Gasteiger partial charge in [-0.15, -0.1) is 0 Å². The molecule has 1 fully saturated rings. The predicted octanol–water partition coefficient (Wildman–Crippen LogP) is 2.82. The van der Waals surface area contributed by atoms with E-state index in [1.807, 2.05) is 43.1 Å². The highest BCUT2D eigenvalue weighted by Crippen LogP contribution is 2.29. The van der Waals surface area contributed by atoms with Gasteiger partial charge in [0, 0.05) is 54.7 Å². The zero-order valence-corrected chi connectivity index (χ0v) is 15.1. The molecular weight excluding hydrogens is 328 g/mol. The average molecular weight is 354 g/mol. The number of aliphatic hydroxyl groups excluding tert-OH is 1. The van der Waals surface area contributed by atoms with Crippen LogP contribution in [0.5, 0.6) is 5.75 Å². The molecule has 3 heterocycles. The fourth-order valence-corrected chi connectivity index (χ4v) is 4.03. The number of hydrogen-bond acceptors (Lipinski definition) is 4. The minimum Gasteiger partial charge on any atom is -0.497 e. The molecular formula is C20H26N4O2. The van der Waals surface area contributed by atoms with Gasteiger partial charge in [-0.25, -0.2) is 4.98 Å². The number of β-amino-alcohol motifs (C(OH)–C–C–N with tert-alkyl or cyclic N) is 1. The number of aliphatic hydroxyl groups is 1. The number of rotatable bonds is 6. The smallest absolute Gasteiger partial charge is 0.119 e. The maximum Gasteiger partial charge on any atom is 0.119 e. The molecule has 6 nitrogen and oxygen atoms in total. The number of piperidine rings is 1. The van der Waals surface area contributed by atoms with E-state index in [1.165, 1.54) is 12.8 Å². The largest absolute Gasteiger partial charge is 0.497 e. The van der Waals surface area contributed by atoms with Gasteiger partial charge in [-0.1, -0.05) is 0 Å². The van der Waals surface area contributed by atoms with E-state index in [-0.39, 0.29) is 0 Å². The van der Waals surface area contributed by atoms with Crippen LogP contribution in [-0.4, -0.2) is 51.3 Å². The summed E-state index contributed by atoms with van der Waals surface area (Å²) in [5.74, 6) is 1.41. The number of methoxy groups -OCH3 is 1. The summed E-state index contributed by atoms with van der Waals surface area (Å²) in [5.41, 5.74) is 1.96. The first-order chi connectivity index (χ1) is 12.7. The molecule has 138 valence electrons. The molecule has 2 aromatic heterocycles. The Bertz CT molecular complexity index is 843. The lowest BCUT2D eigenvalue weighted by Crippen LogP contribution is -2.39. The van der Waals surface area contributed by atoms with Gasteiger partial charge in [0.05, 0.1) is 19.5 Å². The van der Waals surface area contributed by atoms with Crippen molar-refractivity contribution in [3.63, 3.8) is 0 Å². The summed E-state index contributed by atoms with van der Waals surface area (Å²) < 4.78 is 7.48. The van der Waals surface area contributed by atoms with E-state index in [9.17, 15) is 5.11 Å². The number of H-pyrrole nitrogens is 1. The number of imidazole rings is 1. The van der Waals surface area contributed by atoms with Crippen LogP contribution in [-0.2, 0) is 6.54 Å². The number of nitrogens with zero attached hydrogens (tertiary/aromatic N) is 3. The molecule has 0 radical (unpaired) electrons. The highest BCUT2D eigenvalue weighted by Gasteiger charge is 2.23. The van der Waals surface area contributed by atoms with Crippen molar-refractivity contribution in [3.8, 4) is 5.75 Å². The van der Waals surface area contributed by atoms with Crippen LogP contribution in [0.15, 0.2) is 43.1 Å². The molecule has 0 spiro atoms. The third-order valence-electron chi connectivity index (χ3n) is 5.34. The number of hydrogen-bond donors (Lipinski definition) is 2. The maximum atomic E-state index is 10.8. The third kappa shape index (κ3) is 3.61. The van der Waals surface area contributed by atoms with E-state index in [4.69, 9.17) is 4.74 Å². The van der Waals surface area contributed by atoms with Crippen molar-refractivity contribution >= 4 is 10.9 Å². The lowest BCUT2D eigenvalue weighted by molar-refractivity contribution is 0.0815. The summed E-state index contributed by atoms with van der Waals surface area (Å²) in [6, 6.07) is 5.91. The van der Waals surface area contributed by atoms with Crippen LogP contribution in [0.4, 0.5) is 0 Å². The highest BCUT2D eigenvalue weighted by molar-refractivity contribution is 5.85. The van der Waals surface area contributed by atoms with E-state index in [1.54, 1.807) is 7.11 Å². The van der Waals surface area contributed by atoms with Gasteiger partial charge in [-0.3, -0.25) is 0 Å². The molecule has 0 amide bonds. The maximum absolute atomic E-state index is 10.8. The van der Waals surface area contributed by atoms with E-state index in [2.05, 4.69) is 19.4 Å². The molecule has 26 heavy (non-hydrogen) atoms. The van der Waals surface area contributed by atoms with Crippen molar-refractivity contribution < 1.29 is 9.84 Å². The average Bonchev–Trinajstić information content (AvgIpc) is 3.30. The summed E-state index contributed by atoms with van der Waals surface area (Å²) in [5, 5.41) is 11.9. The van der Waals surface area contributed by atoms with Crippen molar-refractivity contribution in [1.82, 2.24) is 19.4 Å². The summed E-state index contributed by atoms with van der Waals surface area (Å²) in [7, 11) is 1.66. The molecule has 2 atom stereocenters. The van der Waals surface area contributed by atoms with Crippen LogP contribution in [0.1, 0.15) is 24.5 Å². The predicted molar refractivity (Wildman–Crippen MR) is 101 cm³/mol. The van der Waals surface area contributed by atoms with Gasteiger partial charge < -0.3 is 24.3 Å². The first-order valence-electron chi connectivity index (χ1n) is 9.24. The summed E-state index contributed by atoms with van der Waals surface area (Å²) in [4.78, 5) is 9.76. The lowest BCUT2D eigenvalue weighted by Gasteiger charge is -2.34. The Morgan fingerprint density at radius 2 is 2.35 bits per heavy atom. The molecule has 4 rings (SSSR count). The Balaban J connectivity index is 1.43. The molecule has 1 aliphatic heterocycles. The molecule has 1 aliphatic rings. The van der Waals surface area contributed by atoms with Crippen molar-refractivity contribution in [1.29, 1.82) is 0 Å². The monoisotopic (exact) mass is 354 g/mol. The Kier molecular flexibility index (Phi) is 4.95. The number of aromatic amines is 1. The molecule has 2 N–H and O–H groups in total. The number of likely N-dealkylation sites (tertiary alicyclic amines) is 1. The summed E-state index contributed by atoms with van der Waals surface area (Å²) >= 11 is 0. The number of aromatic nitrogens is 3. The van der Waals surface area contributed by atoms with Gasteiger partial charge in [0.1, 0.15) is 5.75 Å². The quantitative estimate of drug-likeness (QED) is 0.714. The molecule has 1 aromatic carbocycles. The summed E-state index contributed by atoms with van der Waals surface area (Å²) in [6.07, 6.45) is 9.54. The topological polar surface area (TPSA) is 66.3 Å². The summed E-state index contributed by atoms with van der Waals surface area (Å²) in [6.45, 7) is 3.71. The standard InChI is InChI=1S/C20H26N4O2/c1-26-16-4-5-19-17(9-16)18(10-22-19)20(25)13-23-7-2-3-15(11-23)12-24-8-6-21-14-24/h4-6,8-10,14-15,20,22,25H,2-3,7,11-13H2,1H3. The number of ether oxygens (including phenoxy) is 1. The van der Waals surface area contributed by atoms with Crippen LogP contribution >= 0.6 is 0 Å². The van der Waals surface area contributed by atoms with Crippen molar-refractivity contribution in [2.75, 3.05) is 26.7 Å². The van der Waals surface area contributed by atoms with Crippen LogP contribution in [0.2, 0.25) is 0 Å². The van der Waals surface area contributed by atoms with Gasteiger partial charge >= 0.3 is 0 Å². The lowest BCUT2D eigenvalue weighted by atomic mass is 9.97. The van der Waals surface area contributed by atoms with E-state index < -0.39 is 6.10 Å². The van der Waals surface area contributed by atoms with E-state index in [0.717, 1.165) is 41.9 Å². The van der Waals surface area contributed by atoms with Crippen LogP contribution < -0.4 is 4.74 Å². The van der Waals surface area contributed by atoms with E-state index >= 15 is 0 Å². The Morgan fingerprint density at radius 3 is 3.15 bits per heavy atom. The number of benzene rings is 1. The van der Waals surface area contributed by atoms with Crippen LogP contribution in [0, 0.1) is 5.92 Å². The van der Waals surface area contributed by atoms with Gasteiger partial charge in [0.15, 0.2) is 0 Å². The fraction of sp³-hybridized carbons (Fsp3) is 0.450. The number of nitrogens with one attached hydrogen (secondary N) is 1. The highest BCUT2D eigenvalue weighted by atomic mass is 16.5. The second-order valence-corrected chi connectivity index (χ2v) is 7.20. The zero-order chi connectivity index (χ0) is 17.9. The van der Waals surface area contributed by atoms with Gasteiger partial charge in [0.25, 0.3) is 0 Å². The SMILES string of the molecule is COc1ccc2[nH]cc(C(O)CN3CCCC(Cn4ccnc4)C3)c2c1. The minimum atomic E-state index is -0.511. The molecule has 1 saturated heterocycles. The van der Waals surface area contributed by atoms with Gasteiger partial charge in [-0.05, 0) is 43.5 Å². The molecule has 0 saturated carbocycles. The van der Waals surface area contributed by atoms with Gasteiger partial charge in [0.2, 0.25) is 0 Å². The Morgan fingerprint density at radius 1 is 1.42 bits per heavy atom. The molecule has 2 unspecified atom stereocenters. The fourth-order valence-electron chi connectivity index (χ4n) is 4.03. The third-order valence-corrected chi connectivity index (χ3v) is 5.34. The second-order valence-electron chi connectivity index (χ2n) is 7.20. The molecule has 0 aliphatic carbocycles. The number of fused-ring (bicyclic) bond motifs is 1. The van der Waals surface area contributed by atoms with E-state index in [0.29, 0.717) is 12.5 Å². The van der Waals surface area contributed by atoms with Crippen molar-refractivity contribution in [3.05, 3.63) is 48.7 Å². The second kappa shape index (κ2) is 7.51. The first-order valence-corrected chi connectivity index (χ1v) is 9.24. The zero-order valence-electron chi connectivity index (χ0n) is 15.1. The molecule has 6 heteroatoms. The van der Waals surface area contributed by atoms with Crippen LogP contribution in [0.25, 0.3) is 10.9 Å². The van der Waals surface area contributed by atoms with Crippen molar-refractivity contribution in [2.24, 2.45) is 5.92 Å². The van der Waals surface area contributed by atoms with Crippen molar-refractivity contribution in [2.45, 2.75) is 25.5 Å². The van der Waals surface area contributed by atoms with Gasteiger partial charge in [-0.2, -0.15) is 0 Å². The molecule has 3 aromatic rings.